The number of rotatable bonds is 8. The van der Waals surface area contributed by atoms with Gasteiger partial charge in [0.2, 0.25) is 0 Å². The Morgan fingerprint density at radius 1 is 1.29 bits per heavy atom. The maximum Gasteiger partial charge on any atom is 0.115 e. The van der Waals surface area contributed by atoms with Gasteiger partial charge in [0, 0.05) is 11.1 Å². The number of unbranched alkanes of at least 4 members (excludes halogenated alkanes) is 1. The summed E-state index contributed by atoms with van der Waals surface area (Å²) in [6.45, 7) is 11.2. The first-order valence-electron chi connectivity index (χ1n) is 7.43. The summed E-state index contributed by atoms with van der Waals surface area (Å²) in [6, 6.07) is 10.3. The molecular formula is C19H25BrO. The molecule has 0 bridgehead atoms. The van der Waals surface area contributed by atoms with E-state index in [9.17, 15) is 0 Å². The highest BCUT2D eigenvalue weighted by Crippen LogP contribution is 2.33. The Labute approximate surface area is 137 Å². The van der Waals surface area contributed by atoms with E-state index in [0.717, 1.165) is 35.1 Å². The highest BCUT2D eigenvalue weighted by atomic mass is 79.9. The average Bonchev–Trinajstić information content (AvgIpc) is 2.53. The lowest BCUT2D eigenvalue weighted by molar-refractivity contribution is -0.00577. The van der Waals surface area contributed by atoms with Crippen molar-refractivity contribution in [2.24, 2.45) is 0 Å². The minimum atomic E-state index is -0.492. The number of allylic oxidation sites excluding steroid dienone is 3. The fraction of sp³-hybridized carbons (Fsp3) is 0.368. The second kappa shape index (κ2) is 9.01. The zero-order valence-corrected chi connectivity index (χ0v) is 14.8. The summed E-state index contributed by atoms with van der Waals surface area (Å²) >= 11 is 3.48. The Morgan fingerprint density at radius 2 is 1.95 bits per heavy atom. The molecule has 0 spiro atoms. The van der Waals surface area contributed by atoms with Crippen LogP contribution in [-0.2, 0) is 10.3 Å². The standard InChI is InChI=1S/C19H25BrO/c1-5-7-15-21-19(4,17-11-9-8-10-12-17)16(3)13-14-18(20)6-2/h6,8-14H,3,5,7,15H2,1-2,4H3/b14-13-,18-6+. The molecule has 0 aliphatic carbocycles. The molecule has 0 aliphatic rings. The van der Waals surface area contributed by atoms with Crippen LogP contribution in [-0.4, -0.2) is 6.61 Å². The predicted molar refractivity (Wildman–Crippen MR) is 95.6 cm³/mol. The fourth-order valence-electron chi connectivity index (χ4n) is 1.97. The van der Waals surface area contributed by atoms with Crippen LogP contribution in [0, 0.1) is 0 Å². The van der Waals surface area contributed by atoms with E-state index in [-0.39, 0.29) is 0 Å². The third kappa shape index (κ3) is 5.29. The van der Waals surface area contributed by atoms with Crippen molar-refractivity contribution >= 4 is 15.9 Å². The van der Waals surface area contributed by atoms with Crippen molar-refractivity contribution in [2.75, 3.05) is 6.61 Å². The topological polar surface area (TPSA) is 9.23 Å². The Bertz CT molecular complexity index is 502. The number of halogens is 1. The second-order valence-electron chi connectivity index (χ2n) is 5.13. The van der Waals surface area contributed by atoms with E-state index in [2.05, 4.69) is 48.5 Å². The number of ether oxygens (including phenoxy) is 1. The van der Waals surface area contributed by atoms with E-state index in [1.165, 1.54) is 0 Å². The van der Waals surface area contributed by atoms with Gasteiger partial charge in [0.1, 0.15) is 5.60 Å². The molecule has 0 aliphatic heterocycles. The molecule has 21 heavy (non-hydrogen) atoms. The molecule has 1 aromatic rings. The third-order valence-electron chi connectivity index (χ3n) is 3.55. The van der Waals surface area contributed by atoms with Gasteiger partial charge in [-0.1, -0.05) is 78.3 Å². The van der Waals surface area contributed by atoms with Gasteiger partial charge < -0.3 is 4.74 Å². The van der Waals surface area contributed by atoms with Crippen LogP contribution >= 0.6 is 15.9 Å². The minimum Gasteiger partial charge on any atom is -0.366 e. The second-order valence-corrected chi connectivity index (χ2v) is 6.05. The lowest BCUT2D eigenvalue weighted by atomic mass is 9.88. The zero-order chi connectivity index (χ0) is 15.7. The van der Waals surface area contributed by atoms with E-state index < -0.39 is 5.60 Å². The van der Waals surface area contributed by atoms with Gasteiger partial charge in [-0.2, -0.15) is 0 Å². The number of benzene rings is 1. The molecule has 1 atom stereocenters. The molecule has 0 radical (unpaired) electrons. The van der Waals surface area contributed by atoms with Crippen molar-refractivity contribution in [3.63, 3.8) is 0 Å². The zero-order valence-electron chi connectivity index (χ0n) is 13.2. The van der Waals surface area contributed by atoms with Gasteiger partial charge in [-0.3, -0.25) is 0 Å². The quantitative estimate of drug-likeness (QED) is 0.405. The normalized spacial score (nSPS) is 15.1. The van der Waals surface area contributed by atoms with Crippen molar-refractivity contribution in [1.82, 2.24) is 0 Å². The molecule has 1 rings (SSSR count). The lowest BCUT2D eigenvalue weighted by Crippen LogP contribution is -2.28. The predicted octanol–water partition coefficient (Wildman–Crippen LogP) is 6.13. The Balaban J connectivity index is 3.01. The summed E-state index contributed by atoms with van der Waals surface area (Å²) in [7, 11) is 0. The van der Waals surface area contributed by atoms with Crippen molar-refractivity contribution in [1.29, 1.82) is 0 Å². The molecular weight excluding hydrogens is 324 g/mol. The maximum absolute atomic E-state index is 6.20. The van der Waals surface area contributed by atoms with Gasteiger partial charge in [0.25, 0.3) is 0 Å². The largest absolute Gasteiger partial charge is 0.366 e. The summed E-state index contributed by atoms with van der Waals surface area (Å²) in [5, 5.41) is 0. The number of hydrogen-bond donors (Lipinski definition) is 0. The van der Waals surface area contributed by atoms with Crippen molar-refractivity contribution in [3.8, 4) is 0 Å². The van der Waals surface area contributed by atoms with Gasteiger partial charge in [-0.05, 0) is 37.5 Å². The smallest absolute Gasteiger partial charge is 0.115 e. The van der Waals surface area contributed by atoms with E-state index in [1.54, 1.807) is 0 Å². The highest BCUT2D eigenvalue weighted by Gasteiger charge is 2.29. The molecule has 1 nitrogen and oxygen atoms in total. The van der Waals surface area contributed by atoms with Crippen LogP contribution in [0.1, 0.15) is 39.2 Å². The van der Waals surface area contributed by atoms with Gasteiger partial charge in [-0.25, -0.2) is 0 Å². The highest BCUT2D eigenvalue weighted by molar-refractivity contribution is 9.11. The molecule has 2 heteroatoms. The van der Waals surface area contributed by atoms with Gasteiger partial charge in [0.05, 0.1) is 0 Å². The van der Waals surface area contributed by atoms with Crippen LogP contribution in [0.4, 0.5) is 0 Å². The van der Waals surface area contributed by atoms with Crippen LogP contribution in [0.5, 0.6) is 0 Å². The van der Waals surface area contributed by atoms with Crippen LogP contribution in [0.25, 0.3) is 0 Å². The monoisotopic (exact) mass is 348 g/mol. The Kier molecular flexibility index (Phi) is 7.69. The van der Waals surface area contributed by atoms with Gasteiger partial charge in [0.15, 0.2) is 0 Å². The van der Waals surface area contributed by atoms with Crippen LogP contribution in [0.15, 0.2) is 65.2 Å². The molecule has 1 unspecified atom stereocenters. The summed E-state index contributed by atoms with van der Waals surface area (Å²) in [4.78, 5) is 0. The summed E-state index contributed by atoms with van der Waals surface area (Å²) in [5.74, 6) is 0. The fourth-order valence-corrected chi connectivity index (χ4v) is 2.11. The van der Waals surface area contributed by atoms with Crippen molar-refractivity contribution < 1.29 is 4.74 Å². The number of hydrogen-bond acceptors (Lipinski definition) is 1. The van der Waals surface area contributed by atoms with Crippen LogP contribution in [0.2, 0.25) is 0 Å². The molecule has 0 saturated carbocycles. The lowest BCUT2D eigenvalue weighted by Gasteiger charge is -2.31. The van der Waals surface area contributed by atoms with Crippen molar-refractivity contribution in [2.45, 2.75) is 39.2 Å². The summed E-state index contributed by atoms with van der Waals surface area (Å²) < 4.78 is 7.23. The molecule has 0 heterocycles. The average molecular weight is 349 g/mol. The van der Waals surface area contributed by atoms with E-state index in [4.69, 9.17) is 4.74 Å². The molecule has 1 aromatic carbocycles. The van der Waals surface area contributed by atoms with Crippen LogP contribution in [0.3, 0.4) is 0 Å². The van der Waals surface area contributed by atoms with Gasteiger partial charge >= 0.3 is 0 Å². The first-order chi connectivity index (χ1) is 10.0. The van der Waals surface area contributed by atoms with E-state index >= 15 is 0 Å². The Hall–Kier alpha value is -1.12. The van der Waals surface area contributed by atoms with Crippen molar-refractivity contribution in [3.05, 3.63) is 70.8 Å². The SMILES string of the molecule is C=C(/C=C\C(Br)=C/C)C(C)(OCCCC)c1ccccc1. The maximum atomic E-state index is 6.20. The molecule has 0 fully saturated rings. The summed E-state index contributed by atoms with van der Waals surface area (Å²) in [5.41, 5.74) is 1.59. The Morgan fingerprint density at radius 3 is 2.52 bits per heavy atom. The third-order valence-corrected chi connectivity index (χ3v) is 4.27. The van der Waals surface area contributed by atoms with E-state index in [1.807, 2.05) is 43.4 Å². The minimum absolute atomic E-state index is 0.492. The summed E-state index contributed by atoms with van der Waals surface area (Å²) in [6.07, 6.45) is 8.20. The molecule has 0 N–H and O–H groups in total. The molecule has 0 saturated heterocycles. The van der Waals surface area contributed by atoms with Crippen LogP contribution < -0.4 is 0 Å². The first kappa shape index (κ1) is 17.9. The van der Waals surface area contributed by atoms with Gasteiger partial charge in [-0.15, -0.1) is 0 Å². The molecule has 0 aromatic heterocycles. The molecule has 114 valence electrons. The first-order valence-corrected chi connectivity index (χ1v) is 8.22. The molecule has 0 amide bonds. The van der Waals surface area contributed by atoms with E-state index in [0.29, 0.717) is 0 Å².